The fraction of sp³-hybridized carbons (Fsp3) is 0.227. The first-order valence-corrected chi connectivity index (χ1v) is 9.93. The minimum absolute atomic E-state index is 0.148. The van der Waals surface area contributed by atoms with Gasteiger partial charge in [0.25, 0.3) is 5.91 Å². The highest BCUT2D eigenvalue weighted by Gasteiger charge is 2.16. The van der Waals surface area contributed by atoms with Crippen molar-refractivity contribution in [2.45, 2.75) is 19.8 Å². The molecule has 1 amide bonds. The molecule has 0 unspecified atom stereocenters. The van der Waals surface area contributed by atoms with E-state index in [9.17, 15) is 9.18 Å². The zero-order valence-electron chi connectivity index (χ0n) is 16.7. The quantitative estimate of drug-likeness (QED) is 0.516. The largest absolute Gasteiger partial charge is 0.354 e. The Balaban J connectivity index is 2.04. The van der Waals surface area contributed by atoms with E-state index in [4.69, 9.17) is 17.3 Å². The van der Waals surface area contributed by atoms with Crippen LogP contribution in [0.4, 0.5) is 15.8 Å². The van der Waals surface area contributed by atoms with Crippen LogP contribution in [0.5, 0.6) is 0 Å². The number of carbonyl (C=O) groups excluding carboxylic acids is 1. The zero-order valence-corrected chi connectivity index (χ0v) is 17.5. The van der Waals surface area contributed by atoms with Crippen LogP contribution in [-0.4, -0.2) is 29.0 Å². The second kappa shape index (κ2) is 9.65. The lowest BCUT2D eigenvalue weighted by atomic mass is 10.0. The summed E-state index contributed by atoms with van der Waals surface area (Å²) in [5.41, 5.74) is 8.80. The van der Waals surface area contributed by atoms with E-state index in [2.05, 4.69) is 20.6 Å². The van der Waals surface area contributed by atoms with Crippen LogP contribution in [0.25, 0.3) is 11.3 Å². The fourth-order valence-electron chi connectivity index (χ4n) is 2.99. The molecule has 0 radical (unpaired) electrons. The third-order valence-corrected chi connectivity index (χ3v) is 4.76. The number of hydrogen-bond donors (Lipinski definition) is 3. The number of benzene rings is 1. The van der Waals surface area contributed by atoms with Gasteiger partial charge in [0.1, 0.15) is 5.82 Å². The Morgan fingerprint density at radius 1 is 1.20 bits per heavy atom. The lowest BCUT2D eigenvalue weighted by molar-refractivity contribution is 0.0955. The number of carbonyl (C=O) groups is 1. The van der Waals surface area contributed by atoms with Gasteiger partial charge in [0.2, 0.25) is 0 Å². The number of aromatic nitrogens is 2. The van der Waals surface area contributed by atoms with Crippen molar-refractivity contribution in [1.82, 2.24) is 15.3 Å². The van der Waals surface area contributed by atoms with Gasteiger partial charge in [-0.15, -0.1) is 0 Å². The van der Waals surface area contributed by atoms with Crippen molar-refractivity contribution in [3.8, 4) is 11.3 Å². The van der Waals surface area contributed by atoms with Crippen LogP contribution in [0, 0.1) is 5.82 Å². The van der Waals surface area contributed by atoms with Crippen LogP contribution in [0.15, 0.2) is 48.9 Å². The molecule has 3 aromatic rings. The zero-order chi connectivity index (χ0) is 21.7. The number of nitrogens with one attached hydrogen (secondary N) is 2. The SMILES string of the molecule is CC(C)c1cnc(-c2cc(Cl)ccc2F)cc1Nc1ccncc1C(=O)NCCN. The average molecular weight is 428 g/mol. The lowest BCUT2D eigenvalue weighted by Crippen LogP contribution is -2.29. The van der Waals surface area contributed by atoms with E-state index >= 15 is 0 Å². The number of anilines is 2. The predicted octanol–water partition coefficient (Wildman–Crippen LogP) is 4.49. The summed E-state index contributed by atoms with van der Waals surface area (Å²) < 4.78 is 14.4. The maximum Gasteiger partial charge on any atom is 0.255 e. The molecule has 0 aliphatic carbocycles. The van der Waals surface area contributed by atoms with E-state index in [0.29, 0.717) is 46.3 Å². The van der Waals surface area contributed by atoms with Gasteiger partial charge in [0.05, 0.1) is 16.9 Å². The Morgan fingerprint density at radius 3 is 2.73 bits per heavy atom. The molecule has 2 aromatic heterocycles. The molecule has 6 nitrogen and oxygen atoms in total. The molecule has 0 bridgehead atoms. The Kier molecular flexibility index (Phi) is 6.97. The predicted molar refractivity (Wildman–Crippen MR) is 118 cm³/mol. The fourth-order valence-corrected chi connectivity index (χ4v) is 3.16. The topological polar surface area (TPSA) is 92.9 Å². The van der Waals surface area contributed by atoms with Crippen LogP contribution in [0.2, 0.25) is 5.02 Å². The summed E-state index contributed by atoms with van der Waals surface area (Å²) >= 11 is 6.04. The summed E-state index contributed by atoms with van der Waals surface area (Å²) in [7, 11) is 0. The van der Waals surface area contributed by atoms with Crippen LogP contribution >= 0.6 is 11.6 Å². The molecule has 0 saturated carbocycles. The first-order valence-electron chi connectivity index (χ1n) is 9.55. The minimum Gasteiger partial charge on any atom is -0.354 e. The number of halogens is 2. The molecule has 156 valence electrons. The smallest absolute Gasteiger partial charge is 0.255 e. The summed E-state index contributed by atoms with van der Waals surface area (Å²) in [6.07, 6.45) is 4.79. The number of nitrogens with zero attached hydrogens (tertiary/aromatic N) is 2. The molecule has 3 rings (SSSR count). The maximum atomic E-state index is 14.4. The van der Waals surface area contributed by atoms with E-state index in [1.165, 1.54) is 24.4 Å². The number of pyridine rings is 2. The van der Waals surface area contributed by atoms with Crippen molar-refractivity contribution in [3.63, 3.8) is 0 Å². The van der Waals surface area contributed by atoms with Crippen LogP contribution in [-0.2, 0) is 0 Å². The number of nitrogens with two attached hydrogens (primary N) is 1. The van der Waals surface area contributed by atoms with Gasteiger partial charge in [-0.3, -0.25) is 14.8 Å². The number of rotatable bonds is 7. The van der Waals surface area contributed by atoms with Crippen molar-refractivity contribution in [3.05, 3.63) is 70.9 Å². The second-order valence-corrected chi connectivity index (χ2v) is 7.46. The minimum atomic E-state index is -0.416. The van der Waals surface area contributed by atoms with Gasteiger partial charge in [-0.25, -0.2) is 4.39 Å². The number of hydrogen-bond acceptors (Lipinski definition) is 5. The summed E-state index contributed by atoms with van der Waals surface area (Å²) in [6.45, 7) is 4.76. The van der Waals surface area contributed by atoms with Crippen LogP contribution in [0.1, 0.15) is 35.7 Å². The van der Waals surface area contributed by atoms with E-state index in [-0.39, 0.29) is 11.8 Å². The van der Waals surface area contributed by atoms with E-state index < -0.39 is 5.82 Å². The summed E-state index contributed by atoms with van der Waals surface area (Å²) in [6, 6.07) is 7.81. The third kappa shape index (κ3) is 4.93. The lowest BCUT2D eigenvalue weighted by Gasteiger charge is -2.18. The monoisotopic (exact) mass is 427 g/mol. The van der Waals surface area contributed by atoms with Crippen LogP contribution in [0.3, 0.4) is 0 Å². The van der Waals surface area contributed by atoms with Crippen molar-refractivity contribution in [1.29, 1.82) is 0 Å². The van der Waals surface area contributed by atoms with Gasteiger partial charge in [-0.05, 0) is 41.8 Å². The Bertz CT molecular complexity index is 1060. The molecule has 2 heterocycles. The molecule has 4 N–H and O–H groups in total. The molecule has 0 spiro atoms. The Labute approximate surface area is 179 Å². The summed E-state index contributed by atoms with van der Waals surface area (Å²) in [5.74, 6) is -0.548. The standard InChI is InChI=1S/C22H23ClFN5O/c1-13(2)16-12-28-20(15-9-14(23)3-4-18(15)24)10-21(16)29-19-5-7-26-11-17(19)22(30)27-8-6-25/h3-5,7,9-13H,6,8,25H2,1-2H3,(H,27,30)(H,26,28,29). The molecule has 0 saturated heterocycles. The maximum absolute atomic E-state index is 14.4. The normalized spacial score (nSPS) is 10.9. The van der Waals surface area contributed by atoms with Gasteiger partial charge >= 0.3 is 0 Å². The van der Waals surface area contributed by atoms with Gasteiger partial charge in [-0.2, -0.15) is 0 Å². The van der Waals surface area contributed by atoms with Crippen molar-refractivity contribution < 1.29 is 9.18 Å². The third-order valence-electron chi connectivity index (χ3n) is 4.53. The highest BCUT2D eigenvalue weighted by Crippen LogP contribution is 2.33. The van der Waals surface area contributed by atoms with E-state index in [0.717, 1.165) is 5.56 Å². The summed E-state index contributed by atoms with van der Waals surface area (Å²) in [5, 5.41) is 6.46. The molecular formula is C22H23ClFN5O. The first-order chi connectivity index (χ1) is 14.4. The van der Waals surface area contributed by atoms with E-state index in [1.807, 2.05) is 13.8 Å². The first kappa shape index (κ1) is 21.7. The molecule has 0 fully saturated rings. The molecule has 1 aromatic carbocycles. The second-order valence-electron chi connectivity index (χ2n) is 7.03. The van der Waals surface area contributed by atoms with Crippen LogP contribution < -0.4 is 16.4 Å². The molecule has 0 aliphatic rings. The van der Waals surface area contributed by atoms with Gasteiger partial charge in [-0.1, -0.05) is 25.4 Å². The molecule has 0 atom stereocenters. The summed E-state index contributed by atoms with van der Waals surface area (Å²) in [4.78, 5) is 21.0. The van der Waals surface area contributed by atoms with Crippen molar-refractivity contribution in [2.75, 3.05) is 18.4 Å². The molecule has 0 aliphatic heterocycles. The Hall–Kier alpha value is -3.03. The van der Waals surface area contributed by atoms with Crippen molar-refractivity contribution >= 4 is 28.9 Å². The number of amides is 1. The molecule has 30 heavy (non-hydrogen) atoms. The highest BCUT2D eigenvalue weighted by molar-refractivity contribution is 6.30. The average Bonchev–Trinajstić information content (AvgIpc) is 2.74. The van der Waals surface area contributed by atoms with E-state index in [1.54, 1.807) is 24.5 Å². The highest BCUT2D eigenvalue weighted by atomic mass is 35.5. The van der Waals surface area contributed by atoms with Crippen molar-refractivity contribution in [2.24, 2.45) is 5.73 Å². The van der Waals surface area contributed by atoms with Gasteiger partial charge in [0.15, 0.2) is 0 Å². The molecule has 8 heteroatoms. The van der Waals surface area contributed by atoms with Gasteiger partial charge < -0.3 is 16.4 Å². The Morgan fingerprint density at radius 2 is 2.00 bits per heavy atom. The van der Waals surface area contributed by atoms with Gasteiger partial charge in [0, 0.05) is 48.0 Å². The molecular weight excluding hydrogens is 405 g/mol.